The molecule has 14 nitrogen and oxygen atoms in total. The van der Waals surface area contributed by atoms with Gasteiger partial charge < -0.3 is 64.2 Å². The van der Waals surface area contributed by atoms with Gasteiger partial charge in [-0.2, -0.15) is 0 Å². The summed E-state index contributed by atoms with van der Waals surface area (Å²) < 4.78 is 29.5. The molecule has 256 valence electrons. The zero-order valence-corrected chi connectivity index (χ0v) is 26.2. The number of hydrogen-bond acceptors (Lipinski definition) is 14. The molecule has 5 rings (SSSR count). The molecule has 0 amide bonds. The second kappa shape index (κ2) is 13.8. The van der Waals surface area contributed by atoms with Gasteiger partial charge in [-0.15, -0.1) is 0 Å². The summed E-state index contributed by atoms with van der Waals surface area (Å²) in [6, 6.07) is 6.74. The summed E-state index contributed by atoms with van der Waals surface area (Å²) in [5, 5.41) is 82.8. The summed E-state index contributed by atoms with van der Waals surface area (Å²) in [6.07, 6.45) is -10.6. The standard InChI is InChI=1S/C33H40O14/c1-13(2)5-10-18-20(44-33-28(42)27(41)25(39)21(12-34)45-33)11-19(36)22-26(40)31(47-32-24(38)14(3)23(37)15(4)43-32)29(46-30(18)22)16-6-8-17(35)9-7-16/h5-9,11,14-15,21,23-25,27-28,32-39,41-42H,10,12H2,1-4H3. The minimum absolute atomic E-state index is 0.0702. The number of benzene rings is 2. The Hall–Kier alpha value is -3.73. The monoisotopic (exact) mass is 660 g/mol. The fourth-order valence-electron chi connectivity index (χ4n) is 5.63. The number of aliphatic hydroxyl groups excluding tert-OH is 6. The van der Waals surface area contributed by atoms with Gasteiger partial charge in [0.05, 0.1) is 18.8 Å². The molecule has 0 bridgehead atoms. The van der Waals surface area contributed by atoms with Crippen molar-refractivity contribution in [2.45, 2.75) is 89.4 Å². The molecule has 2 aromatic carbocycles. The molecule has 3 heterocycles. The lowest BCUT2D eigenvalue weighted by Crippen LogP contribution is -2.60. The van der Waals surface area contributed by atoms with Crippen LogP contribution >= 0.6 is 0 Å². The van der Waals surface area contributed by atoms with Crippen LogP contribution in [0.4, 0.5) is 0 Å². The third-order valence-electron chi connectivity index (χ3n) is 8.52. The van der Waals surface area contributed by atoms with Gasteiger partial charge in [0.1, 0.15) is 58.7 Å². The van der Waals surface area contributed by atoms with E-state index >= 15 is 0 Å². The van der Waals surface area contributed by atoms with Crippen molar-refractivity contribution in [3.8, 4) is 34.3 Å². The van der Waals surface area contributed by atoms with Crippen molar-refractivity contribution >= 4 is 11.0 Å². The fraction of sp³-hybridized carbons (Fsp3) is 0.485. The quantitative estimate of drug-likeness (QED) is 0.158. The van der Waals surface area contributed by atoms with Crippen LogP contribution in [-0.4, -0.2) is 103 Å². The van der Waals surface area contributed by atoms with Crippen molar-refractivity contribution < 1.29 is 64.2 Å². The highest BCUT2D eigenvalue weighted by Crippen LogP contribution is 2.42. The molecule has 0 spiro atoms. The Kier molecular flexibility index (Phi) is 10.1. The number of hydrogen-bond donors (Lipinski definition) is 8. The van der Waals surface area contributed by atoms with Crippen molar-refractivity contribution in [2.24, 2.45) is 5.92 Å². The molecule has 47 heavy (non-hydrogen) atoms. The van der Waals surface area contributed by atoms with Gasteiger partial charge >= 0.3 is 0 Å². The first kappa shape index (κ1) is 34.6. The maximum Gasteiger partial charge on any atom is 0.239 e. The van der Waals surface area contributed by atoms with E-state index in [2.05, 4.69) is 0 Å². The van der Waals surface area contributed by atoms with E-state index in [0.29, 0.717) is 0 Å². The summed E-state index contributed by atoms with van der Waals surface area (Å²) in [6.45, 7) is 6.17. The molecule has 8 N–H and O–H groups in total. The predicted octanol–water partition coefficient (Wildman–Crippen LogP) is 1.04. The molecule has 0 aliphatic carbocycles. The van der Waals surface area contributed by atoms with Crippen LogP contribution in [0.5, 0.6) is 23.0 Å². The highest BCUT2D eigenvalue weighted by Gasteiger charge is 2.45. The normalized spacial score (nSPS) is 31.0. The fourth-order valence-corrected chi connectivity index (χ4v) is 5.63. The van der Waals surface area contributed by atoms with Crippen molar-refractivity contribution in [2.75, 3.05) is 6.61 Å². The second-order valence-corrected chi connectivity index (χ2v) is 12.2. The number of fused-ring (bicyclic) bond motifs is 1. The van der Waals surface area contributed by atoms with E-state index in [1.165, 1.54) is 24.3 Å². The van der Waals surface area contributed by atoms with Crippen LogP contribution in [0.1, 0.15) is 33.3 Å². The first-order valence-corrected chi connectivity index (χ1v) is 15.2. The van der Waals surface area contributed by atoms with Crippen molar-refractivity contribution in [3.63, 3.8) is 0 Å². The Labute approximate surface area is 269 Å². The van der Waals surface area contributed by atoms with E-state index in [0.717, 1.165) is 11.6 Å². The number of rotatable bonds is 8. The third-order valence-corrected chi connectivity index (χ3v) is 8.52. The highest BCUT2D eigenvalue weighted by atomic mass is 16.7. The Morgan fingerprint density at radius 2 is 1.53 bits per heavy atom. The zero-order chi connectivity index (χ0) is 34.3. The molecule has 2 aliphatic heterocycles. The van der Waals surface area contributed by atoms with Crippen molar-refractivity contribution in [3.05, 3.63) is 57.8 Å². The van der Waals surface area contributed by atoms with Gasteiger partial charge in [-0.1, -0.05) is 18.6 Å². The van der Waals surface area contributed by atoms with Crippen LogP contribution in [-0.2, 0) is 15.9 Å². The Balaban J connectivity index is 1.71. The van der Waals surface area contributed by atoms with Crippen LogP contribution < -0.4 is 14.9 Å². The summed E-state index contributed by atoms with van der Waals surface area (Å²) in [7, 11) is 0. The minimum Gasteiger partial charge on any atom is -0.508 e. The molecule has 2 aliphatic rings. The maximum absolute atomic E-state index is 14.2. The smallest absolute Gasteiger partial charge is 0.239 e. The van der Waals surface area contributed by atoms with E-state index in [9.17, 15) is 45.6 Å². The highest BCUT2D eigenvalue weighted by molar-refractivity contribution is 5.91. The Morgan fingerprint density at radius 3 is 2.17 bits per heavy atom. The van der Waals surface area contributed by atoms with Gasteiger partial charge in [0.2, 0.25) is 23.8 Å². The molecular formula is C33H40O14. The lowest BCUT2D eigenvalue weighted by molar-refractivity contribution is -0.277. The van der Waals surface area contributed by atoms with Crippen molar-refractivity contribution in [1.29, 1.82) is 0 Å². The van der Waals surface area contributed by atoms with Gasteiger partial charge in [-0.05, 0) is 51.5 Å². The molecule has 1 aromatic heterocycles. The van der Waals surface area contributed by atoms with E-state index in [4.69, 9.17) is 23.4 Å². The van der Waals surface area contributed by atoms with Crippen LogP contribution in [0.3, 0.4) is 0 Å². The number of aromatic hydroxyl groups is 2. The molecule has 10 unspecified atom stereocenters. The first-order valence-electron chi connectivity index (χ1n) is 15.2. The van der Waals surface area contributed by atoms with Crippen molar-refractivity contribution in [1.82, 2.24) is 0 Å². The number of aliphatic hydroxyl groups is 6. The minimum atomic E-state index is -1.76. The molecule has 0 saturated carbocycles. The number of phenols is 2. The second-order valence-electron chi connectivity index (χ2n) is 12.2. The summed E-state index contributed by atoms with van der Waals surface area (Å²) in [4.78, 5) is 14.2. The molecule has 0 radical (unpaired) electrons. The van der Waals surface area contributed by atoms with Crippen LogP contribution in [0.25, 0.3) is 22.3 Å². The van der Waals surface area contributed by atoms with E-state index in [1.807, 2.05) is 13.8 Å². The lowest BCUT2D eigenvalue weighted by Gasteiger charge is -2.40. The maximum atomic E-state index is 14.2. The molecular weight excluding hydrogens is 620 g/mol. The lowest BCUT2D eigenvalue weighted by atomic mass is 9.91. The number of allylic oxidation sites excluding steroid dienone is 2. The summed E-state index contributed by atoms with van der Waals surface area (Å²) in [5.41, 5.74) is 0.395. The van der Waals surface area contributed by atoms with Gasteiger partial charge in [-0.3, -0.25) is 4.79 Å². The zero-order valence-electron chi connectivity index (χ0n) is 26.2. The summed E-state index contributed by atoms with van der Waals surface area (Å²) in [5.74, 6) is -2.04. The van der Waals surface area contributed by atoms with Gasteiger partial charge in [0.15, 0.2) is 5.76 Å². The third kappa shape index (κ3) is 6.68. The largest absolute Gasteiger partial charge is 0.508 e. The van der Waals surface area contributed by atoms with Crippen LogP contribution in [0, 0.1) is 5.92 Å². The SMILES string of the molecule is CC(C)=CCc1c(OC2OC(CO)C(O)C(O)C2O)cc(O)c2c(=O)c(OC3OC(C)C(O)C(C)C3O)c(-c3ccc(O)cc3)oc12. The number of ether oxygens (including phenoxy) is 4. The molecule has 3 aromatic rings. The topological polar surface area (TPSA) is 229 Å². The first-order chi connectivity index (χ1) is 22.2. The number of phenolic OH excluding ortho intramolecular Hbond substituents is 2. The predicted molar refractivity (Wildman–Crippen MR) is 165 cm³/mol. The van der Waals surface area contributed by atoms with Gasteiger partial charge in [-0.25, -0.2) is 0 Å². The summed E-state index contributed by atoms with van der Waals surface area (Å²) >= 11 is 0. The van der Waals surface area contributed by atoms with Crippen LogP contribution in [0.2, 0.25) is 0 Å². The van der Waals surface area contributed by atoms with Gasteiger partial charge in [0.25, 0.3) is 0 Å². The molecule has 14 heteroatoms. The Bertz CT molecular complexity index is 1660. The molecule has 2 saturated heterocycles. The van der Waals surface area contributed by atoms with E-state index in [-0.39, 0.29) is 45.8 Å². The van der Waals surface area contributed by atoms with E-state index < -0.39 is 84.8 Å². The Morgan fingerprint density at radius 1 is 0.872 bits per heavy atom. The van der Waals surface area contributed by atoms with Gasteiger partial charge in [0, 0.05) is 23.1 Å². The molecule has 2 fully saturated rings. The average molecular weight is 661 g/mol. The molecule has 10 atom stereocenters. The average Bonchev–Trinajstić information content (AvgIpc) is 3.03. The van der Waals surface area contributed by atoms with E-state index in [1.54, 1.807) is 19.9 Å². The van der Waals surface area contributed by atoms with Crippen LogP contribution in [0.15, 0.2) is 51.2 Å².